The molecule has 78 valence electrons. The fourth-order valence-electron chi connectivity index (χ4n) is 1.31. The van der Waals surface area contributed by atoms with Crippen molar-refractivity contribution in [2.24, 2.45) is 0 Å². The van der Waals surface area contributed by atoms with Gasteiger partial charge in [0.1, 0.15) is 12.0 Å². The SMILES string of the molecule is COc1ccccc1-c1nc(CCl)co1. The van der Waals surface area contributed by atoms with E-state index in [1.54, 1.807) is 13.4 Å². The molecular formula is C11H10ClNO2. The van der Waals surface area contributed by atoms with Crippen LogP contribution in [0.15, 0.2) is 34.9 Å². The van der Waals surface area contributed by atoms with Crippen molar-refractivity contribution >= 4 is 11.6 Å². The van der Waals surface area contributed by atoms with Crippen LogP contribution in [0.5, 0.6) is 5.75 Å². The number of benzene rings is 1. The minimum absolute atomic E-state index is 0.346. The molecule has 0 aliphatic rings. The monoisotopic (exact) mass is 223 g/mol. The number of alkyl halides is 1. The van der Waals surface area contributed by atoms with E-state index in [4.69, 9.17) is 20.8 Å². The number of oxazole rings is 1. The van der Waals surface area contributed by atoms with Gasteiger partial charge in [-0.2, -0.15) is 0 Å². The quantitative estimate of drug-likeness (QED) is 0.750. The maximum atomic E-state index is 5.65. The molecule has 0 aliphatic carbocycles. The Morgan fingerprint density at radius 2 is 2.20 bits per heavy atom. The molecule has 2 rings (SSSR count). The third-order valence-corrected chi connectivity index (χ3v) is 2.30. The second kappa shape index (κ2) is 4.36. The molecule has 0 unspecified atom stereocenters. The molecule has 0 amide bonds. The summed E-state index contributed by atoms with van der Waals surface area (Å²) in [5, 5.41) is 0. The summed E-state index contributed by atoms with van der Waals surface area (Å²) in [6.07, 6.45) is 1.55. The highest BCUT2D eigenvalue weighted by Crippen LogP contribution is 2.28. The largest absolute Gasteiger partial charge is 0.496 e. The Morgan fingerprint density at radius 1 is 1.40 bits per heavy atom. The van der Waals surface area contributed by atoms with Gasteiger partial charge in [0.2, 0.25) is 5.89 Å². The molecule has 0 aliphatic heterocycles. The predicted molar refractivity (Wildman–Crippen MR) is 58.0 cm³/mol. The number of methoxy groups -OCH3 is 1. The Labute approximate surface area is 92.6 Å². The first kappa shape index (κ1) is 10.1. The molecule has 15 heavy (non-hydrogen) atoms. The van der Waals surface area contributed by atoms with Gasteiger partial charge in [-0.25, -0.2) is 4.98 Å². The minimum atomic E-state index is 0.346. The van der Waals surface area contributed by atoms with Gasteiger partial charge < -0.3 is 9.15 Å². The lowest BCUT2D eigenvalue weighted by Gasteiger charge is -2.03. The van der Waals surface area contributed by atoms with Crippen LogP contribution in [-0.2, 0) is 5.88 Å². The van der Waals surface area contributed by atoms with Crippen LogP contribution < -0.4 is 4.74 Å². The molecule has 0 radical (unpaired) electrons. The van der Waals surface area contributed by atoms with Crippen LogP contribution in [0, 0.1) is 0 Å². The van der Waals surface area contributed by atoms with Crippen molar-refractivity contribution in [1.82, 2.24) is 4.98 Å². The Morgan fingerprint density at radius 3 is 2.87 bits per heavy atom. The zero-order valence-corrected chi connectivity index (χ0v) is 8.99. The summed E-state index contributed by atoms with van der Waals surface area (Å²) in [7, 11) is 1.62. The number of para-hydroxylation sites is 1. The zero-order valence-electron chi connectivity index (χ0n) is 8.24. The van der Waals surface area contributed by atoms with Crippen molar-refractivity contribution in [2.75, 3.05) is 7.11 Å². The summed E-state index contributed by atoms with van der Waals surface area (Å²) < 4.78 is 10.5. The molecule has 0 atom stereocenters. The molecule has 0 N–H and O–H groups in total. The van der Waals surface area contributed by atoms with E-state index < -0.39 is 0 Å². The van der Waals surface area contributed by atoms with E-state index in [-0.39, 0.29) is 0 Å². The van der Waals surface area contributed by atoms with Crippen LogP contribution in [0.4, 0.5) is 0 Å². The first-order chi connectivity index (χ1) is 7.35. The van der Waals surface area contributed by atoms with E-state index in [0.29, 0.717) is 11.8 Å². The average molecular weight is 224 g/mol. The molecule has 0 saturated heterocycles. The van der Waals surface area contributed by atoms with Gasteiger partial charge in [-0.3, -0.25) is 0 Å². The van der Waals surface area contributed by atoms with Gasteiger partial charge in [0.25, 0.3) is 0 Å². The number of halogens is 1. The molecule has 3 nitrogen and oxygen atoms in total. The molecular weight excluding hydrogens is 214 g/mol. The van der Waals surface area contributed by atoms with Crippen LogP contribution in [0.2, 0.25) is 0 Å². The number of aromatic nitrogens is 1. The fraction of sp³-hybridized carbons (Fsp3) is 0.182. The van der Waals surface area contributed by atoms with E-state index in [1.807, 2.05) is 24.3 Å². The van der Waals surface area contributed by atoms with Crippen molar-refractivity contribution in [2.45, 2.75) is 5.88 Å². The topological polar surface area (TPSA) is 35.3 Å². The normalized spacial score (nSPS) is 10.3. The number of rotatable bonds is 3. The minimum Gasteiger partial charge on any atom is -0.496 e. The summed E-state index contributed by atoms with van der Waals surface area (Å²) in [5.41, 5.74) is 1.55. The van der Waals surface area contributed by atoms with Gasteiger partial charge in [-0.05, 0) is 12.1 Å². The summed E-state index contributed by atoms with van der Waals surface area (Å²) in [5.74, 6) is 1.61. The van der Waals surface area contributed by atoms with Crippen molar-refractivity contribution in [1.29, 1.82) is 0 Å². The van der Waals surface area contributed by atoms with Gasteiger partial charge in [0, 0.05) is 0 Å². The van der Waals surface area contributed by atoms with Crippen LogP contribution in [0.1, 0.15) is 5.69 Å². The number of ether oxygens (including phenoxy) is 1. The van der Waals surface area contributed by atoms with Crippen molar-refractivity contribution in [3.63, 3.8) is 0 Å². The second-order valence-electron chi connectivity index (χ2n) is 2.98. The number of hydrogen-bond acceptors (Lipinski definition) is 3. The van der Waals surface area contributed by atoms with Gasteiger partial charge in [0.05, 0.1) is 24.2 Å². The molecule has 0 saturated carbocycles. The van der Waals surface area contributed by atoms with Crippen LogP contribution >= 0.6 is 11.6 Å². The first-order valence-electron chi connectivity index (χ1n) is 4.49. The first-order valence-corrected chi connectivity index (χ1v) is 5.02. The van der Waals surface area contributed by atoms with Crippen LogP contribution in [-0.4, -0.2) is 12.1 Å². The molecule has 1 aromatic carbocycles. The Kier molecular flexibility index (Phi) is 2.92. The Balaban J connectivity index is 2.44. The zero-order chi connectivity index (χ0) is 10.7. The number of nitrogens with zero attached hydrogens (tertiary/aromatic N) is 1. The smallest absolute Gasteiger partial charge is 0.229 e. The van der Waals surface area contributed by atoms with E-state index in [0.717, 1.165) is 17.0 Å². The standard InChI is InChI=1S/C11H10ClNO2/c1-14-10-5-3-2-4-9(10)11-13-8(6-12)7-15-11/h2-5,7H,6H2,1H3. The lowest BCUT2D eigenvalue weighted by atomic mass is 10.2. The predicted octanol–water partition coefficient (Wildman–Crippen LogP) is 3.09. The van der Waals surface area contributed by atoms with E-state index in [9.17, 15) is 0 Å². The highest BCUT2D eigenvalue weighted by atomic mass is 35.5. The Bertz CT molecular complexity index is 453. The van der Waals surface area contributed by atoms with E-state index in [1.165, 1.54) is 0 Å². The van der Waals surface area contributed by atoms with Crippen molar-refractivity contribution < 1.29 is 9.15 Å². The maximum Gasteiger partial charge on any atom is 0.229 e. The summed E-state index contributed by atoms with van der Waals surface area (Å²) in [6, 6.07) is 7.55. The third-order valence-electron chi connectivity index (χ3n) is 2.03. The second-order valence-corrected chi connectivity index (χ2v) is 3.25. The Hall–Kier alpha value is -1.48. The fourth-order valence-corrected chi connectivity index (χ4v) is 1.44. The molecule has 0 spiro atoms. The van der Waals surface area contributed by atoms with Gasteiger partial charge in [-0.1, -0.05) is 12.1 Å². The highest BCUT2D eigenvalue weighted by molar-refractivity contribution is 6.16. The molecule has 4 heteroatoms. The molecule has 2 aromatic rings. The van der Waals surface area contributed by atoms with Gasteiger partial charge in [0.15, 0.2) is 0 Å². The van der Waals surface area contributed by atoms with Gasteiger partial charge in [-0.15, -0.1) is 11.6 Å². The van der Waals surface area contributed by atoms with Crippen LogP contribution in [0.25, 0.3) is 11.5 Å². The molecule has 1 aromatic heterocycles. The molecule has 0 fully saturated rings. The van der Waals surface area contributed by atoms with E-state index in [2.05, 4.69) is 4.98 Å². The third kappa shape index (κ3) is 1.97. The van der Waals surface area contributed by atoms with Crippen molar-refractivity contribution in [3.8, 4) is 17.2 Å². The highest BCUT2D eigenvalue weighted by Gasteiger charge is 2.10. The van der Waals surface area contributed by atoms with Crippen LogP contribution in [0.3, 0.4) is 0 Å². The maximum absolute atomic E-state index is 5.65. The van der Waals surface area contributed by atoms with Gasteiger partial charge >= 0.3 is 0 Å². The lowest BCUT2D eigenvalue weighted by Crippen LogP contribution is -1.87. The van der Waals surface area contributed by atoms with Crippen molar-refractivity contribution in [3.05, 3.63) is 36.2 Å². The molecule has 1 heterocycles. The summed E-state index contributed by atoms with van der Waals surface area (Å²) >= 11 is 5.65. The van der Waals surface area contributed by atoms with E-state index >= 15 is 0 Å². The summed E-state index contributed by atoms with van der Waals surface area (Å²) in [4.78, 5) is 4.23. The number of hydrogen-bond donors (Lipinski definition) is 0. The lowest BCUT2D eigenvalue weighted by molar-refractivity contribution is 0.414. The average Bonchev–Trinajstić information content (AvgIpc) is 2.77. The molecule has 0 bridgehead atoms. The summed E-state index contributed by atoms with van der Waals surface area (Å²) in [6.45, 7) is 0.